The molecule has 2 heterocycles. The molecule has 1 fully saturated rings. The van der Waals surface area contributed by atoms with Crippen molar-refractivity contribution in [1.82, 2.24) is 20.1 Å². The van der Waals surface area contributed by atoms with E-state index in [0.717, 1.165) is 25.3 Å². The summed E-state index contributed by atoms with van der Waals surface area (Å²) in [5.41, 5.74) is 0. The molecule has 0 amide bonds. The second-order valence-corrected chi connectivity index (χ2v) is 5.45. The molecular formula is C13H22N4O2. The van der Waals surface area contributed by atoms with Crippen LogP contribution < -0.4 is 5.32 Å². The van der Waals surface area contributed by atoms with Gasteiger partial charge in [0.15, 0.2) is 5.78 Å². The lowest BCUT2D eigenvalue weighted by Gasteiger charge is -2.11. The molecule has 0 spiro atoms. The molecule has 1 aromatic heterocycles. The number of rotatable bonds is 6. The number of carbonyl (C=O) groups excluding carboxylic acids is 1. The first-order chi connectivity index (χ1) is 9.10. The minimum atomic E-state index is -0.117. The van der Waals surface area contributed by atoms with Gasteiger partial charge in [0.1, 0.15) is 12.2 Å². The Morgan fingerprint density at radius 2 is 2.42 bits per heavy atom. The van der Waals surface area contributed by atoms with Crippen LogP contribution in [0.25, 0.3) is 0 Å². The van der Waals surface area contributed by atoms with Gasteiger partial charge in [-0.1, -0.05) is 13.8 Å². The maximum absolute atomic E-state index is 12.2. The summed E-state index contributed by atoms with van der Waals surface area (Å²) in [5.74, 6) is 1.40. The van der Waals surface area contributed by atoms with Gasteiger partial charge in [-0.25, -0.2) is 9.67 Å². The smallest absolute Gasteiger partial charge is 0.157 e. The fourth-order valence-electron chi connectivity index (χ4n) is 2.33. The van der Waals surface area contributed by atoms with Crippen molar-refractivity contribution < 1.29 is 9.53 Å². The summed E-state index contributed by atoms with van der Waals surface area (Å²) in [5, 5.41) is 7.37. The topological polar surface area (TPSA) is 69.0 Å². The van der Waals surface area contributed by atoms with Crippen molar-refractivity contribution >= 4 is 5.78 Å². The predicted octanol–water partition coefficient (Wildman–Crippen LogP) is 0.423. The first-order valence-corrected chi connectivity index (χ1v) is 6.75. The van der Waals surface area contributed by atoms with Gasteiger partial charge in [-0.15, -0.1) is 0 Å². The monoisotopic (exact) mass is 266 g/mol. The number of ether oxygens (including phenoxy) is 1. The van der Waals surface area contributed by atoms with E-state index in [1.54, 1.807) is 7.11 Å². The summed E-state index contributed by atoms with van der Waals surface area (Å²) < 4.78 is 7.08. The maximum Gasteiger partial charge on any atom is 0.157 e. The summed E-state index contributed by atoms with van der Waals surface area (Å²) in [6.45, 7) is 5.77. The second kappa shape index (κ2) is 6.25. The molecule has 1 aliphatic rings. The van der Waals surface area contributed by atoms with E-state index in [1.165, 1.54) is 6.33 Å². The molecule has 1 saturated heterocycles. The first-order valence-electron chi connectivity index (χ1n) is 6.75. The molecule has 1 aliphatic heterocycles. The van der Waals surface area contributed by atoms with Crippen LogP contribution in [0.4, 0.5) is 0 Å². The van der Waals surface area contributed by atoms with Gasteiger partial charge < -0.3 is 10.1 Å². The van der Waals surface area contributed by atoms with Gasteiger partial charge in [0.2, 0.25) is 0 Å². The summed E-state index contributed by atoms with van der Waals surface area (Å²) >= 11 is 0. The summed E-state index contributed by atoms with van der Waals surface area (Å²) in [7, 11) is 1.68. The minimum absolute atomic E-state index is 0.117. The van der Waals surface area contributed by atoms with E-state index in [1.807, 2.05) is 4.68 Å². The molecule has 6 heteroatoms. The van der Waals surface area contributed by atoms with Crippen molar-refractivity contribution in [2.45, 2.75) is 45.4 Å². The molecule has 0 radical (unpaired) electrons. The van der Waals surface area contributed by atoms with Crippen molar-refractivity contribution in [3.63, 3.8) is 0 Å². The summed E-state index contributed by atoms with van der Waals surface area (Å²) in [6.07, 6.45) is 2.74. The van der Waals surface area contributed by atoms with Gasteiger partial charge in [0.25, 0.3) is 0 Å². The van der Waals surface area contributed by atoms with Crippen LogP contribution in [0.5, 0.6) is 0 Å². The number of methoxy groups -OCH3 is 1. The van der Waals surface area contributed by atoms with Crippen LogP contribution in [0.15, 0.2) is 6.33 Å². The molecule has 0 bridgehead atoms. The lowest BCUT2D eigenvalue weighted by molar-refractivity contribution is -0.120. The lowest BCUT2D eigenvalue weighted by Crippen LogP contribution is -2.32. The molecule has 106 valence electrons. The van der Waals surface area contributed by atoms with Crippen LogP contribution in [0, 0.1) is 5.92 Å². The van der Waals surface area contributed by atoms with Gasteiger partial charge in [0, 0.05) is 20.2 Å². The van der Waals surface area contributed by atoms with Crippen LogP contribution in [0.1, 0.15) is 26.1 Å². The highest BCUT2D eigenvalue weighted by atomic mass is 16.5. The molecule has 1 N–H and O–H groups in total. The van der Waals surface area contributed by atoms with E-state index in [9.17, 15) is 4.79 Å². The number of ketones is 1. The Bertz CT molecular complexity index is 430. The van der Waals surface area contributed by atoms with E-state index >= 15 is 0 Å². The predicted molar refractivity (Wildman–Crippen MR) is 70.8 cm³/mol. The van der Waals surface area contributed by atoms with E-state index in [2.05, 4.69) is 29.2 Å². The molecule has 0 saturated carbocycles. The zero-order valence-corrected chi connectivity index (χ0v) is 11.8. The highest BCUT2D eigenvalue weighted by Crippen LogP contribution is 2.12. The quantitative estimate of drug-likeness (QED) is 0.808. The van der Waals surface area contributed by atoms with Crippen molar-refractivity contribution in [2.24, 2.45) is 5.92 Å². The van der Waals surface area contributed by atoms with Crippen LogP contribution in [0.2, 0.25) is 0 Å². The van der Waals surface area contributed by atoms with Crippen molar-refractivity contribution in [2.75, 3.05) is 13.7 Å². The van der Waals surface area contributed by atoms with E-state index in [-0.39, 0.29) is 17.9 Å². The minimum Gasteiger partial charge on any atom is -0.380 e. The molecule has 2 atom stereocenters. The Balaban J connectivity index is 1.94. The van der Waals surface area contributed by atoms with Gasteiger partial charge in [-0.2, -0.15) is 5.10 Å². The van der Waals surface area contributed by atoms with Gasteiger partial charge >= 0.3 is 0 Å². The zero-order valence-electron chi connectivity index (χ0n) is 11.8. The fraction of sp³-hybridized carbons (Fsp3) is 0.769. The van der Waals surface area contributed by atoms with Crippen LogP contribution in [-0.2, 0) is 22.5 Å². The number of aromatic nitrogens is 3. The Morgan fingerprint density at radius 1 is 1.63 bits per heavy atom. The van der Waals surface area contributed by atoms with Crippen molar-refractivity contribution in [3.8, 4) is 0 Å². The van der Waals surface area contributed by atoms with Gasteiger partial charge in [0.05, 0.1) is 18.6 Å². The number of nitrogens with zero attached hydrogens (tertiary/aromatic N) is 3. The van der Waals surface area contributed by atoms with E-state index < -0.39 is 0 Å². The molecule has 0 aliphatic carbocycles. The lowest BCUT2D eigenvalue weighted by atomic mass is 10.1. The Kier molecular flexibility index (Phi) is 4.66. The van der Waals surface area contributed by atoms with Crippen molar-refractivity contribution in [3.05, 3.63) is 12.2 Å². The highest BCUT2D eigenvalue weighted by Gasteiger charge is 2.29. The third-order valence-corrected chi connectivity index (χ3v) is 3.38. The number of Topliss-reactive ketones (excluding diaryl/α,β-unsaturated/α-hetero) is 1. The highest BCUT2D eigenvalue weighted by molar-refractivity contribution is 5.85. The normalized spacial score (nSPS) is 23.2. The SMILES string of the molecule is COC1CNC(C(=O)Cc2ncnn2CC(C)C)C1. The average Bonchev–Trinajstić information content (AvgIpc) is 2.98. The third-order valence-electron chi connectivity index (χ3n) is 3.38. The third kappa shape index (κ3) is 3.61. The molecular weight excluding hydrogens is 244 g/mol. The second-order valence-electron chi connectivity index (χ2n) is 5.45. The molecule has 1 aromatic rings. The van der Waals surface area contributed by atoms with Crippen LogP contribution >= 0.6 is 0 Å². The van der Waals surface area contributed by atoms with Gasteiger partial charge in [-0.3, -0.25) is 4.79 Å². The average molecular weight is 266 g/mol. The molecule has 2 unspecified atom stereocenters. The number of hydrogen-bond acceptors (Lipinski definition) is 5. The maximum atomic E-state index is 12.2. The number of hydrogen-bond donors (Lipinski definition) is 1. The number of nitrogens with one attached hydrogen (secondary N) is 1. The Labute approximate surface area is 113 Å². The first kappa shape index (κ1) is 14.1. The largest absolute Gasteiger partial charge is 0.380 e. The Morgan fingerprint density at radius 3 is 3.05 bits per heavy atom. The van der Waals surface area contributed by atoms with E-state index in [0.29, 0.717) is 12.3 Å². The summed E-state index contributed by atoms with van der Waals surface area (Å²) in [6, 6.07) is -0.117. The van der Waals surface area contributed by atoms with Crippen LogP contribution in [-0.4, -0.2) is 46.3 Å². The Hall–Kier alpha value is -1.27. The fourth-order valence-corrected chi connectivity index (χ4v) is 2.33. The molecule has 6 nitrogen and oxygen atoms in total. The van der Waals surface area contributed by atoms with Crippen molar-refractivity contribution in [1.29, 1.82) is 0 Å². The number of carbonyl (C=O) groups is 1. The van der Waals surface area contributed by atoms with E-state index in [4.69, 9.17) is 4.74 Å². The zero-order chi connectivity index (χ0) is 13.8. The molecule has 2 rings (SSSR count). The molecule has 0 aromatic carbocycles. The van der Waals surface area contributed by atoms with Crippen LogP contribution in [0.3, 0.4) is 0 Å². The molecule has 19 heavy (non-hydrogen) atoms. The standard InChI is InChI=1S/C13H22N4O2/c1-9(2)7-17-13(15-8-16-17)5-12(18)11-4-10(19-3)6-14-11/h8-11,14H,4-7H2,1-3H3. The van der Waals surface area contributed by atoms with Gasteiger partial charge in [-0.05, 0) is 12.3 Å². The summed E-state index contributed by atoms with van der Waals surface area (Å²) in [4.78, 5) is 16.4.